The van der Waals surface area contributed by atoms with E-state index in [-0.39, 0.29) is 11.3 Å². The summed E-state index contributed by atoms with van der Waals surface area (Å²) in [5.74, 6) is -0.739. The van der Waals surface area contributed by atoms with Crippen molar-refractivity contribution >= 4 is 16.7 Å². The van der Waals surface area contributed by atoms with E-state index in [9.17, 15) is 9.90 Å². The normalized spacial score (nSPS) is 9.69. The maximum Gasteiger partial charge on any atom is 0.268 e. The molecule has 0 saturated carbocycles. The summed E-state index contributed by atoms with van der Waals surface area (Å²) < 4.78 is 0. The molecular formula is C12H8N2O2. The van der Waals surface area contributed by atoms with Crippen molar-refractivity contribution in [1.82, 2.24) is 5.32 Å². The standard InChI is InChI=1S/C12H8N2O2/c13-7-14-12(16)10-5-8-3-1-2-4-9(8)6-11(10)15/h1-6,15H,(H,14,16). The fourth-order valence-electron chi connectivity index (χ4n) is 1.53. The molecule has 4 heteroatoms. The molecule has 0 aromatic heterocycles. The first kappa shape index (κ1) is 9.99. The number of aromatic hydroxyl groups is 1. The molecule has 0 aliphatic rings. The number of rotatable bonds is 1. The number of carbonyl (C=O) groups excluding carboxylic acids is 1. The Labute approximate surface area is 91.7 Å². The number of nitrogens with one attached hydrogen (secondary N) is 1. The molecule has 4 nitrogen and oxygen atoms in total. The Bertz CT molecular complexity index is 599. The predicted molar refractivity (Wildman–Crippen MR) is 58.7 cm³/mol. The zero-order chi connectivity index (χ0) is 11.5. The second-order valence-corrected chi connectivity index (χ2v) is 3.28. The van der Waals surface area contributed by atoms with Crippen LogP contribution in [0.3, 0.4) is 0 Å². The number of hydrogen-bond donors (Lipinski definition) is 2. The summed E-state index contributed by atoms with van der Waals surface area (Å²) in [7, 11) is 0. The molecule has 0 saturated heterocycles. The fourth-order valence-corrected chi connectivity index (χ4v) is 1.53. The van der Waals surface area contributed by atoms with Crippen molar-refractivity contribution in [2.24, 2.45) is 0 Å². The largest absolute Gasteiger partial charge is 0.507 e. The van der Waals surface area contributed by atoms with Crippen molar-refractivity contribution in [3.05, 3.63) is 42.0 Å². The maximum absolute atomic E-state index is 11.4. The van der Waals surface area contributed by atoms with Gasteiger partial charge in [-0.2, -0.15) is 5.26 Å². The Kier molecular flexibility index (Phi) is 2.44. The zero-order valence-corrected chi connectivity index (χ0v) is 8.27. The highest BCUT2D eigenvalue weighted by molar-refractivity contribution is 6.02. The van der Waals surface area contributed by atoms with E-state index in [1.54, 1.807) is 6.07 Å². The molecule has 2 rings (SSSR count). The summed E-state index contributed by atoms with van der Waals surface area (Å²) in [4.78, 5) is 11.4. The van der Waals surface area contributed by atoms with E-state index < -0.39 is 5.91 Å². The second-order valence-electron chi connectivity index (χ2n) is 3.28. The van der Waals surface area contributed by atoms with E-state index in [0.29, 0.717) is 0 Å². The molecule has 0 aliphatic heterocycles. The van der Waals surface area contributed by atoms with Crippen LogP contribution in [0, 0.1) is 11.5 Å². The van der Waals surface area contributed by atoms with E-state index in [1.807, 2.05) is 29.6 Å². The molecule has 78 valence electrons. The van der Waals surface area contributed by atoms with Gasteiger partial charge in [0, 0.05) is 0 Å². The average molecular weight is 212 g/mol. The molecule has 0 radical (unpaired) electrons. The second kappa shape index (κ2) is 3.91. The van der Waals surface area contributed by atoms with Crippen LogP contribution in [0.1, 0.15) is 10.4 Å². The summed E-state index contributed by atoms with van der Waals surface area (Å²) >= 11 is 0. The van der Waals surface area contributed by atoms with Crippen molar-refractivity contribution < 1.29 is 9.90 Å². The van der Waals surface area contributed by atoms with E-state index in [2.05, 4.69) is 0 Å². The number of carbonyl (C=O) groups is 1. The van der Waals surface area contributed by atoms with E-state index >= 15 is 0 Å². The molecule has 0 fully saturated rings. The Hall–Kier alpha value is -2.54. The summed E-state index contributed by atoms with van der Waals surface area (Å²) in [6.07, 6.45) is 1.53. The number of hydrogen-bond acceptors (Lipinski definition) is 3. The molecule has 2 aromatic rings. The predicted octanol–water partition coefficient (Wildman–Crippen LogP) is 1.76. The average Bonchev–Trinajstić information content (AvgIpc) is 2.28. The Morgan fingerprint density at radius 1 is 1.25 bits per heavy atom. The molecule has 0 heterocycles. The molecule has 0 aliphatic carbocycles. The minimum atomic E-state index is -0.606. The van der Waals surface area contributed by atoms with Gasteiger partial charge in [0.15, 0.2) is 6.19 Å². The minimum Gasteiger partial charge on any atom is -0.507 e. The molecule has 0 spiro atoms. The van der Waals surface area contributed by atoms with Crippen LogP contribution in [0.15, 0.2) is 36.4 Å². The molecule has 0 bridgehead atoms. The van der Waals surface area contributed by atoms with Crippen LogP contribution in [0.2, 0.25) is 0 Å². The lowest BCUT2D eigenvalue weighted by atomic mass is 10.1. The number of nitriles is 1. The van der Waals surface area contributed by atoms with Crippen LogP contribution in [0.4, 0.5) is 0 Å². The first-order valence-corrected chi connectivity index (χ1v) is 4.63. The Balaban J connectivity index is 2.59. The van der Waals surface area contributed by atoms with Crippen molar-refractivity contribution in [2.75, 3.05) is 0 Å². The number of nitrogens with zero attached hydrogens (tertiary/aromatic N) is 1. The Morgan fingerprint density at radius 3 is 2.50 bits per heavy atom. The number of fused-ring (bicyclic) bond motifs is 1. The van der Waals surface area contributed by atoms with Crippen molar-refractivity contribution in [3.63, 3.8) is 0 Å². The molecule has 0 atom stereocenters. The van der Waals surface area contributed by atoms with Gasteiger partial charge in [0.25, 0.3) is 5.91 Å². The number of phenolic OH excluding ortho intramolecular Hbond substituents is 1. The number of amides is 1. The molecule has 1 amide bonds. The number of benzene rings is 2. The molecular weight excluding hydrogens is 204 g/mol. The molecule has 2 aromatic carbocycles. The SMILES string of the molecule is N#CNC(=O)c1cc2ccccc2cc1O. The third kappa shape index (κ3) is 1.66. The monoisotopic (exact) mass is 212 g/mol. The topological polar surface area (TPSA) is 73.1 Å². The van der Waals surface area contributed by atoms with Crippen molar-refractivity contribution in [1.29, 1.82) is 5.26 Å². The van der Waals surface area contributed by atoms with Crippen LogP contribution in [0.25, 0.3) is 10.8 Å². The third-order valence-electron chi connectivity index (χ3n) is 2.28. The van der Waals surface area contributed by atoms with Crippen LogP contribution < -0.4 is 5.32 Å². The molecule has 0 unspecified atom stereocenters. The lowest BCUT2D eigenvalue weighted by molar-refractivity contribution is 0.0970. The van der Waals surface area contributed by atoms with Crippen molar-refractivity contribution in [3.8, 4) is 11.9 Å². The van der Waals surface area contributed by atoms with Crippen LogP contribution in [-0.2, 0) is 0 Å². The van der Waals surface area contributed by atoms with Gasteiger partial charge < -0.3 is 5.11 Å². The third-order valence-corrected chi connectivity index (χ3v) is 2.28. The molecule has 16 heavy (non-hydrogen) atoms. The summed E-state index contributed by atoms with van der Waals surface area (Å²) in [6, 6.07) is 10.4. The quantitative estimate of drug-likeness (QED) is 0.558. The number of phenols is 1. The first-order chi connectivity index (χ1) is 7.72. The summed E-state index contributed by atoms with van der Waals surface area (Å²) in [6.45, 7) is 0. The van der Waals surface area contributed by atoms with Gasteiger partial charge >= 0.3 is 0 Å². The van der Waals surface area contributed by atoms with Crippen LogP contribution in [0.5, 0.6) is 5.75 Å². The van der Waals surface area contributed by atoms with Gasteiger partial charge in [-0.3, -0.25) is 10.1 Å². The Morgan fingerprint density at radius 2 is 1.88 bits per heavy atom. The van der Waals surface area contributed by atoms with Crippen molar-refractivity contribution in [2.45, 2.75) is 0 Å². The maximum atomic E-state index is 11.4. The highest BCUT2D eigenvalue weighted by Crippen LogP contribution is 2.24. The van der Waals surface area contributed by atoms with Gasteiger partial charge in [-0.15, -0.1) is 0 Å². The lowest BCUT2D eigenvalue weighted by Gasteiger charge is -2.04. The van der Waals surface area contributed by atoms with Crippen LogP contribution in [-0.4, -0.2) is 11.0 Å². The van der Waals surface area contributed by atoms with Gasteiger partial charge in [-0.05, 0) is 22.9 Å². The smallest absolute Gasteiger partial charge is 0.268 e. The van der Waals surface area contributed by atoms with Gasteiger partial charge in [0.2, 0.25) is 0 Å². The first-order valence-electron chi connectivity index (χ1n) is 4.63. The van der Waals surface area contributed by atoms with E-state index in [0.717, 1.165) is 10.8 Å². The van der Waals surface area contributed by atoms with E-state index in [4.69, 9.17) is 5.26 Å². The summed E-state index contributed by atoms with van der Waals surface area (Å²) in [5.41, 5.74) is 0.0975. The fraction of sp³-hybridized carbons (Fsp3) is 0. The minimum absolute atomic E-state index is 0.0975. The highest BCUT2D eigenvalue weighted by atomic mass is 16.3. The van der Waals surface area contributed by atoms with Gasteiger partial charge in [-0.1, -0.05) is 24.3 Å². The molecule has 2 N–H and O–H groups in total. The van der Waals surface area contributed by atoms with Gasteiger partial charge in [0.05, 0.1) is 5.56 Å². The van der Waals surface area contributed by atoms with Gasteiger partial charge in [-0.25, -0.2) is 0 Å². The van der Waals surface area contributed by atoms with E-state index in [1.165, 1.54) is 12.3 Å². The highest BCUT2D eigenvalue weighted by Gasteiger charge is 2.11. The van der Waals surface area contributed by atoms with Crippen LogP contribution >= 0.6 is 0 Å². The summed E-state index contributed by atoms with van der Waals surface area (Å²) in [5, 5.41) is 21.6. The zero-order valence-electron chi connectivity index (χ0n) is 8.27. The van der Waals surface area contributed by atoms with Gasteiger partial charge in [0.1, 0.15) is 5.75 Å². The lowest BCUT2D eigenvalue weighted by Crippen LogP contribution is -2.17.